The lowest BCUT2D eigenvalue weighted by molar-refractivity contribution is -0.384. The molecule has 1 rings (SSSR count). The molecule has 0 fully saturated rings. The van der Waals surface area contributed by atoms with Gasteiger partial charge in [-0.1, -0.05) is 0 Å². The van der Waals surface area contributed by atoms with Gasteiger partial charge in [0.25, 0.3) is 11.6 Å². The molecule has 1 aromatic rings. The maximum Gasteiger partial charge on any atom is 0.296 e. The minimum Gasteiger partial charge on any atom is -0.496 e. The number of rotatable bonds is 5. The molecule has 0 unspecified atom stereocenters. The quantitative estimate of drug-likeness (QED) is 0.616. The minimum absolute atomic E-state index is 0.109. The largest absolute Gasteiger partial charge is 0.496 e. The summed E-state index contributed by atoms with van der Waals surface area (Å²) in [5.41, 5.74) is -0.119. The van der Waals surface area contributed by atoms with Gasteiger partial charge in [0.1, 0.15) is 18.0 Å². The molecule has 0 aliphatic heterocycles. The topological polar surface area (TPSA) is 90.7 Å². The lowest BCUT2D eigenvalue weighted by Crippen LogP contribution is -2.17. The van der Waals surface area contributed by atoms with Crippen LogP contribution in [0.1, 0.15) is 0 Å². The van der Waals surface area contributed by atoms with E-state index in [-0.39, 0.29) is 18.0 Å². The van der Waals surface area contributed by atoms with Crippen LogP contribution in [0.5, 0.6) is 5.75 Å². The zero-order valence-corrected chi connectivity index (χ0v) is 9.43. The normalized spacial score (nSPS) is 9.76. The molecule has 1 N–H and O–H groups in total. The molecule has 0 bridgehead atoms. The Morgan fingerprint density at radius 3 is 2.71 bits per heavy atom. The van der Waals surface area contributed by atoms with Gasteiger partial charge in [0, 0.05) is 7.11 Å². The summed E-state index contributed by atoms with van der Waals surface area (Å²) in [6, 6.07) is 4.17. The maximum absolute atomic E-state index is 11.3. The van der Waals surface area contributed by atoms with Crippen LogP contribution in [0, 0.1) is 10.1 Å². The van der Waals surface area contributed by atoms with Gasteiger partial charge in [-0.15, -0.1) is 0 Å². The van der Waals surface area contributed by atoms with Crippen LogP contribution in [-0.2, 0) is 9.53 Å². The predicted molar refractivity (Wildman–Crippen MR) is 60.2 cm³/mol. The first-order chi connectivity index (χ1) is 8.08. The van der Waals surface area contributed by atoms with Gasteiger partial charge in [0.05, 0.1) is 18.1 Å². The Kier molecular flexibility index (Phi) is 4.41. The maximum atomic E-state index is 11.3. The molecule has 1 aromatic carbocycles. The number of anilines is 1. The number of nitro benzene ring substituents is 1. The van der Waals surface area contributed by atoms with Gasteiger partial charge in [-0.05, 0) is 12.1 Å². The highest BCUT2D eigenvalue weighted by atomic mass is 16.6. The molecular formula is C10H12N2O5. The van der Waals surface area contributed by atoms with E-state index in [1.165, 1.54) is 32.4 Å². The number of nitro groups is 1. The summed E-state index contributed by atoms with van der Waals surface area (Å²) in [4.78, 5) is 21.5. The molecule has 92 valence electrons. The summed E-state index contributed by atoms with van der Waals surface area (Å²) in [7, 11) is 2.77. The fraction of sp³-hybridized carbons (Fsp3) is 0.300. The van der Waals surface area contributed by atoms with Gasteiger partial charge in [0.15, 0.2) is 0 Å². The molecule has 0 spiro atoms. The first-order valence-electron chi connectivity index (χ1n) is 4.69. The van der Waals surface area contributed by atoms with E-state index in [2.05, 4.69) is 10.1 Å². The molecule has 7 heteroatoms. The third-order valence-corrected chi connectivity index (χ3v) is 1.95. The van der Waals surface area contributed by atoms with Gasteiger partial charge in [-0.3, -0.25) is 14.9 Å². The number of nitrogens with zero attached hydrogens (tertiary/aromatic N) is 1. The Bertz CT molecular complexity index is 433. The average Bonchev–Trinajstić information content (AvgIpc) is 2.29. The van der Waals surface area contributed by atoms with E-state index in [4.69, 9.17) is 4.74 Å². The van der Waals surface area contributed by atoms with Crippen molar-refractivity contribution in [3.8, 4) is 5.75 Å². The van der Waals surface area contributed by atoms with Crippen molar-refractivity contribution < 1.29 is 19.2 Å². The van der Waals surface area contributed by atoms with Gasteiger partial charge in [-0.2, -0.15) is 0 Å². The van der Waals surface area contributed by atoms with Crippen molar-refractivity contribution in [3.05, 3.63) is 28.3 Å². The molecule has 0 aliphatic rings. The van der Waals surface area contributed by atoms with E-state index in [0.29, 0.717) is 5.75 Å². The number of ether oxygens (including phenoxy) is 2. The highest BCUT2D eigenvalue weighted by molar-refractivity contribution is 5.94. The Morgan fingerprint density at radius 1 is 1.47 bits per heavy atom. The molecule has 0 radical (unpaired) electrons. The van der Waals surface area contributed by atoms with Crippen molar-refractivity contribution in [2.75, 3.05) is 26.1 Å². The van der Waals surface area contributed by atoms with Crippen molar-refractivity contribution in [1.82, 2.24) is 0 Å². The highest BCUT2D eigenvalue weighted by Crippen LogP contribution is 2.28. The van der Waals surface area contributed by atoms with Crippen LogP contribution in [0.4, 0.5) is 11.4 Å². The van der Waals surface area contributed by atoms with Crippen LogP contribution in [0.2, 0.25) is 0 Å². The second-order valence-corrected chi connectivity index (χ2v) is 3.12. The van der Waals surface area contributed by atoms with Crippen molar-refractivity contribution in [2.45, 2.75) is 0 Å². The number of methoxy groups -OCH3 is 2. The number of nitrogens with one attached hydrogen (secondary N) is 1. The monoisotopic (exact) mass is 240 g/mol. The van der Waals surface area contributed by atoms with E-state index in [9.17, 15) is 14.9 Å². The van der Waals surface area contributed by atoms with Crippen molar-refractivity contribution in [1.29, 1.82) is 0 Å². The van der Waals surface area contributed by atoms with E-state index >= 15 is 0 Å². The average molecular weight is 240 g/mol. The Balaban J connectivity index is 2.98. The summed E-state index contributed by atoms with van der Waals surface area (Å²) < 4.78 is 9.49. The van der Waals surface area contributed by atoms with E-state index in [1.54, 1.807) is 0 Å². The number of amides is 1. The molecule has 0 atom stereocenters. The smallest absolute Gasteiger partial charge is 0.296 e. The lowest BCUT2D eigenvalue weighted by Gasteiger charge is -2.06. The molecule has 0 saturated heterocycles. The molecule has 0 aliphatic carbocycles. The molecule has 0 aromatic heterocycles. The Labute approximate surface area is 97.5 Å². The number of benzene rings is 1. The summed E-state index contributed by atoms with van der Waals surface area (Å²) >= 11 is 0. The van der Waals surface area contributed by atoms with Crippen molar-refractivity contribution >= 4 is 17.3 Å². The van der Waals surface area contributed by atoms with Crippen molar-refractivity contribution in [3.63, 3.8) is 0 Å². The summed E-state index contributed by atoms with van der Waals surface area (Å²) in [6.07, 6.45) is 0. The fourth-order valence-corrected chi connectivity index (χ4v) is 1.21. The van der Waals surface area contributed by atoms with Gasteiger partial charge in [-0.25, -0.2) is 0 Å². The zero-order valence-electron chi connectivity index (χ0n) is 9.43. The highest BCUT2D eigenvalue weighted by Gasteiger charge is 2.16. The second kappa shape index (κ2) is 5.80. The lowest BCUT2D eigenvalue weighted by atomic mass is 10.2. The molecule has 17 heavy (non-hydrogen) atoms. The predicted octanol–water partition coefficient (Wildman–Crippen LogP) is 1.19. The number of carbonyl (C=O) groups excluding carboxylic acids is 1. The molecule has 1 amide bonds. The fourth-order valence-electron chi connectivity index (χ4n) is 1.21. The van der Waals surface area contributed by atoms with Crippen LogP contribution in [0.3, 0.4) is 0 Å². The number of hydrogen-bond donors (Lipinski definition) is 1. The molecule has 7 nitrogen and oxygen atoms in total. The minimum atomic E-state index is -0.592. The van der Waals surface area contributed by atoms with Crippen LogP contribution in [0.25, 0.3) is 0 Å². The molecule has 0 saturated carbocycles. The van der Waals surface area contributed by atoms with E-state index in [1.807, 2.05) is 0 Å². The molecular weight excluding hydrogens is 228 g/mol. The third kappa shape index (κ3) is 3.42. The van der Waals surface area contributed by atoms with E-state index < -0.39 is 10.8 Å². The summed E-state index contributed by atoms with van der Waals surface area (Å²) in [5.74, 6) is -0.109. The van der Waals surface area contributed by atoms with Crippen LogP contribution < -0.4 is 10.1 Å². The standard InChI is InChI=1S/C10H12N2O5/c1-16-6-10(13)11-8-4-3-7(17-2)5-9(8)12(14)15/h3-5H,6H2,1-2H3,(H,11,13). The van der Waals surface area contributed by atoms with Crippen LogP contribution in [0.15, 0.2) is 18.2 Å². The second-order valence-electron chi connectivity index (χ2n) is 3.12. The van der Waals surface area contributed by atoms with Gasteiger partial charge in [0.2, 0.25) is 0 Å². The summed E-state index contributed by atoms with van der Waals surface area (Å²) in [5, 5.41) is 13.2. The number of carbonyl (C=O) groups is 1. The Morgan fingerprint density at radius 2 is 2.18 bits per heavy atom. The van der Waals surface area contributed by atoms with Crippen LogP contribution >= 0.6 is 0 Å². The third-order valence-electron chi connectivity index (χ3n) is 1.95. The first kappa shape index (κ1) is 12.9. The van der Waals surface area contributed by atoms with Crippen LogP contribution in [-0.4, -0.2) is 31.7 Å². The molecule has 0 heterocycles. The van der Waals surface area contributed by atoms with Crippen molar-refractivity contribution in [2.24, 2.45) is 0 Å². The van der Waals surface area contributed by atoms with Gasteiger partial charge < -0.3 is 14.8 Å². The van der Waals surface area contributed by atoms with E-state index in [0.717, 1.165) is 0 Å². The first-order valence-corrected chi connectivity index (χ1v) is 4.69. The SMILES string of the molecule is COCC(=O)Nc1ccc(OC)cc1[N+](=O)[O-]. The van der Waals surface area contributed by atoms with Gasteiger partial charge >= 0.3 is 0 Å². The zero-order chi connectivity index (χ0) is 12.8. The Hall–Kier alpha value is -2.15. The number of hydrogen-bond acceptors (Lipinski definition) is 5. The summed E-state index contributed by atoms with van der Waals surface area (Å²) in [6.45, 7) is -0.164.